The van der Waals surface area contributed by atoms with Crippen molar-refractivity contribution >= 4 is 40.6 Å². The molecule has 2 amide bonds. The monoisotopic (exact) mass is 327 g/mol. The SMILES string of the molecule is Cc1ccccc1N1C(=O)c2cccc(N=C(N)CCl)c2C1=O. The van der Waals surface area contributed by atoms with Crippen LogP contribution in [-0.4, -0.2) is 23.5 Å². The van der Waals surface area contributed by atoms with Crippen molar-refractivity contribution < 1.29 is 9.59 Å². The lowest BCUT2D eigenvalue weighted by molar-refractivity contribution is 0.0926. The number of alkyl halides is 1. The highest BCUT2D eigenvalue weighted by molar-refractivity contribution is 6.36. The summed E-state index contributed by atoms with van der Waals surface area (Å²) in [7, 11) is 0. The quantitative estimate of drug-likeness (QED) is 0.407. The van der Waals surface area contributed by atoms with E-state index in [1.807, 2.05) is 19.1 Å². The maximum Gasteiger partial charge on any atom is 0.268 e. The number of nitrogens with two attached hydrogens (primary N) is 1. The summed E-state index contributed by atoms with van der Waals surface area (Å²) >= 11 is 5.65. The van der Waals surface area contributed by atoms with Crippen LogP contribution in [-0.2, 0) is 0 Å². The van der Waals surface area contributed by atoms with E-state index in [9.17, 15) is 9.59 Å². The number of anilines is 1. The summed E-state index contributed by atoms with van der Waals surface area (Å²) in [4.78, 5) is 30.8. The van der Waals surface area contributed by atoms with Crippen molar-refractivity contribution in [2.75, 3.05) is 10.8 Å². The van der Waals surface area contributed by atoms with Gasteiger partial charge in [0.15, 0.2) is 0 Å². The van der Waals surface area contributed by atoms with Crippen molar-refractivity contribution in [3.8, 4) is 0 Å². The number of hydrogen-bond donors (Lipinski definition) is 1. The van der Waals surface area contributed by atoms with Crippen molar-refractivity contribution in [2.45, 2.75) is 6.92 Å². The van der Waals surface area contributed by atoms with E-state index in [1.54, 1.807) is 30.3 Å². The van der Waals surface area contributed by atoms with Gasteiger partial charge in [0, 0.05) is 0 Å². The molecule has 1 aliphatic heterocycles. The van der Waals surface area contributed by atoms with Crippen LogP contribution in [0.1, 0.15) is 26.3 Å². The smallest absolute Gasteiger partial charge is 0.268 e. The molecule has 2 N–H and O–H groups in total. The lowest BCUT2D eigenvalue weighted by atomic mass is 10.1. The Labute approximate surface area is 138 Å². The number of amides is 2. The Morgan fingerprint density at radius 3 is 2.57 bits per heavy atom. The molecule has 0 fully saturated rings. The highest BCUT2D eigenvalue weighted by atomic mass is 35.5. The molecule has 0 aromatic heterocycles. The standard InChI is InChI=1S/C17H14ClN3O2/c1-10-5-2-3-8-13(10)21-16(22)11-6-4-7-12(15(11)17(21)23)20-14(19)9-18/h2-8H,9H2,1H3,(H2,19,20). The fourth-order valence-corrected chi connectivity index (χ4v) is 2.64. The maximum atomic E-state index is 12.8. The Morgan fingerprint density at radius 2 is 1.87 bits per heavy atom. The van der Waals surface area contributed by atoms with Crippen LogP contribution in [0, 0.1) is 6.92 Å². The lowest BCUT2D eigenvalue weighted by Gasteiger charge is -2.16. The van der Waals surface area contributed by atoms with Gasteiger partial charge in [-0.25, -0.2) is 9.89 Å². The van der Waals surface area contributed by atoms with E-state index in [0.29, 0.717) is 16.9 Å². The lowest BCUT2D eigenvalue weighted by Crippen LogP contribution is -2.30. The summed E-state index contributed by atoms with van der Waals surface area (Å²) in [5, 5.41) is 0. The molecular weight excluding hydrogens is 314 g/mol. The van der Waals surface area contributed by atoms with Crippen LogP contribution in [0.5, 0.6) is 0 Å². The highest BCUT2D eigenvalue weighted by Crippen LogP contribution is 2.35. The molecule has 6 heteroatoms. The van der Waals surface area contributed by atoms with Gasteiger partial charge in [-0.2, -0.15) is 0 Å². The predicted octanol–water partition coefficient (Wildman–Crippen LogP) is 3.02. The molecule has 23 heavy (non-hydrogen) atoms. The van der Waals surface area contributed by atoms with Crippen LogP contribution in [0.15, 0.2) is 47.5 Å². The number of halogens is 1. The average molecular weight is 328 g/mol. The molecule has 0 bridgehead atoms. The molecule has 1 heterocycles. The Hall–Kier alpha value is -2.66. The second-order valence-corrected chi connectivity index (χ2v) is 5.44. The first kappa shape index (κ1) is 15.2. The average Bonchev–Trinajstić information content (AvgIpc) is 2.80. The number of aliphatic imine (C=N–C) groups is 1. The minimum atomic E-state index is -0.402. The fraction of sp³-hybridized carbons (Fsp3) is 0.118. The van der Waals surface area contributed by atoms with E-state index in [-0.39, 0.29) is 23.2 Å². The summed E-state index contributed by atoms with van der Waals surface area (Å²) in [6, 6.07) is 12.2. The molecule has 0 saturated heterocycles. The van der Waals surface area contributed by atoms with Crippen LogP contribution in [0.3, 0.4) is 0 Å². The highest BCUT2D eigenvalue weighted by Gasteiger charge is 2.39. The number of hydrogen-bond acceptors (Lipinski definition) is 3. The number of carbonyl (C=O) groups is 2. The van der Waals surface area contributed by atoms with E-state index >= 15 is 0 Å². The largest absolute Gasteiger partial charge is 0.386 e. The molecule has 0 spiro atoms. The van der Waals surface area contributed by atoms with Crippen LogP contribution in [0.25, 0.3) is 0 Å². The summed E-state index contributed by atoms with van der Waals surface area (Å²) in [5.74, 6) is -0.524. The van der Waals surface area contributed by atoms with E-state index in [0.717, 1.165) is 5.56 Å². The molecule has 0 unspecified atom stereocenters. The Kier molecular flexibility index (Phi) is 3.88. The van der Waals surface area contributed by atoms with Gasteiger partial charge in [0.05, 0.1) is 28.4 Å². The molecule has 5 nitrogen and oxygen atoms in total. The second-order valence-electron chi connectivity index (χ2n) is 5.17. The van der Waals surface area contributed by atoms with Gasteiger partial charge in [0.1, 0.15) is 5.84 Å². The van der Waals surface area contributed by atoms with Crippen molar-refractivity contribution in [3.05, 3.63) is 59.2 Å². The first-order chi connectivity index (χ1) is 11.0. The van der Waals surface area contributed by atoms with Gasteiger partial charge >= 0.3 is 0 Å². The number of fused-ring (bicyclic) bond motifs is 1. The molecule has 0 saturated carbocycles. The number of amidine groups is 1. The number of rotatable bonds is 3. The second kappa shape index (κ2) is 5.85. The maximum absolute atomic E-state index is 12.8. The third kappa shape index (κ3) is 2.49. The predicted molar refractivity (Wildman–Crippen MR) is 90.8 cm³/mol. The summed E-state index contributed by atoms with van der Waals surface area (Å²) < 4.78 is 0. The summed E-state index contributed by atoms with van der Waals surface area (Å²) in [5.41, 5.74) is 8.00. The molecule has 0 atom stereocenters. The number of imide groups is 1. The van der Waals surface area contributed by atoms with Gasteiger partial charge in [-0.05, 0) is 30.7 Å². The number of nitrogens with zero attached hydrogens (tertiary/aromatic N) is 2. The van der Waals surface area contributed by atoms with Gasteiger partial charge < -0.3 is 5.73 Å². The fourth-order valence-electron chi connectivity index (χ4n) is 2.58. The zero-order chi connectivity index (χ0) is 16.6. The Balaban J connectivity index is 2.15. The minimum Gasteiger partial charge on any atom is -0.386 e. The summed E-state index contributed by atoms with van der Waals surface area (Å²) in [6.45, 7) is 1.85. The first-order valence-electron chi connectivity index (χ1n) is 7.01. The van der Waals surface area contributed by atoms with E-state index in [1.165, 1.54) is 4.90 Å². The molecule has 2 aromatic rings. The van der Waals surface area contributed by atoms with Crippen molar-refractivity contribution in [2.24, 2.45) is 10.7 Å². The van der Waals surface area contributed by atoms with Gasteiger partial charge in [-0.1, -0.05) is 24.3 Å². The number of carbonyl (C=O) groups excluding carboxylic acids is 2. The Morgan fingerprint density at radius 1 is 1.13 bits per heavy atom. The van der Waals surface area contributed by atoms with Gasteiger partial charge in [0.25, 0.3) is 11.8 Å². The van der Waals surface area contributed by atoms with Crippen LogP contribution >= 0.6 is 11.6 Å². The van der Waals surface area contributed by atoms with Gasteiger partial charge in [-0.15, -0.1) is 11.6 Å². The third-order valence-electron chi connectivity index (χ3n) is 3.65. The molecule has 0 radical (unpaired) electrons. The first-order valence-corrected chi connectivity index (χ1v) is 7.54. The van der Waals surface area contributed by atoms with Crippen molar-refractivity contribution in [1.82, 2.24) is 0 Å². The number of aryl methyl sites for hydroxylation is 1. The molecule has 1 aliphatic rings. The minimum absolute atomic E-state index is 0.0489. The topological polar surface area (TPSA) is 75.8 Å². The molecule has 2 aromatic carbocycles. The molecule has 0 aliphatic carbocycles. The number of benzene rings is 2. The van der Waals surface area contributed by atoms with Crippen molar-refractivity contribution in [1.29, 1.82) is 0 Å². The van der Waals surface area contributed by atoms with Crippen LogP contribution in [0.2, 0.25) is 0 Å². The van der Waals surface area contributed by atoms with Gasteiger partial charge in [0.2, 0.25) is 0 Å². The summed E-state index contributed by atoms with van der Waals surface area (Å²) in [6.07, 6.45) is 0. The number of para-hydroxylation sites is 1. The van der Waals surface area contributed by atoms with Crippen LogP contribution < -0.4 is 10.6 Å². The van der Waals surface area contributed by atoms with E-state index in [2.05, 4.69) is 4.99 Å². The Bertz CT molecular complexity index is 845. The zero-order valence-electron chi connectivity index (χ0n) is 12.4. The van der Waals surface area contributed by atoms with E-state index in [4.69, 9.17) is 17.3 Å². The molecule has 116 valence electrons. The molecule has 3 rings (SSSR count). The van der Waals surface area contributed by atoms with Gasteiger partial charge in [-0.3, -0.25) is 9.59 Å². The third-order valence-corrected chi connectivity index (χ3v) is 3.92. The molecular formula is C17H14ClN3O2. The van der Waals surface area contributed by atoms with E-state index < -0.39 is 5.91 Å². The van der Waals surface area contributed by atoms with Crippen LogP contribution in [0.4, 0.5) is 11.4 Å². The zero-order valence-corrected chi connectivity index (χ0v) is 13.2. The van der Waals surface area contributed by atoms with Crippen molar-refractivity contribution in [3.63, 3.8) is 0 Å². The normalized spacial score (nSPS) is 14.3.